The van der Waals surface area contributed by atoms with E-state index in [1.54, 1.807) is 0 Å². The first kappa shape index (κ1) is 11.5. The third-order valence-electron chi connectivity index (χ3n) is 2.49. The van der Waals surface area contributed by atoms with Gasteiger partial charge in [0.05, 0.1) is 5.54 Å². The van der Waals surface area contributed by atoms with E-state index < -0.39 is 0 Å². The van der Waals surface area contributed by atoms with Crippen molar-refractivity contribution in [3.8, 4) is 0 Å². The Kier molecular flexibility index (Phi) is 4.23. The summed E-state index contributed by atoms with van der Waals surface area (Å²) < 4.78 is 0. The number of hydrogen-bond donors (Lipinski definition) is 1. The molecular formula is C9H15Br2NO. The van der Waals surface area contributed by atoms with Gasteiger partial charge < -0.3 is 5.32 Å². The predicted octanol–water partition coefficient (Wildman–Crippen LogP) is 2.45. The van der Waals surface area contributed by atoms with Gasteiger partial charge in [0.2, 0.25) is 5.91 Å². The van der Waals surface area contributed by atoms with Gasteiger partial charge in [-0.3, -0.25) is 4.79 Å². The second-order valence-electron chi connectivity index (χ2n) is 3.94. The Labute approximate surface area is 96.1 Å². The molecule has 0 atom stereocenters. The quantitative estimate of drug-likeness (QED) is 0.794. The summed E-state index contributed by atoms with van der Waals surface area (Å²) in [6, 6.07) is 0. The van der Waals surface area contributed by atoms with Gasteiger partial charge in [-0.15, -0.1) is 0 Å². The Hall–Kier alpha value is 0.430. The molecule has 0 aromatic carbocycles. The fourth-order valence-electron chi connectivity index (χ4n) is 1.17. The number of nitrogens with one attached hydrogen (secondary N) is 1. The zero-order chi connectivity index (χ0) is 9.90. The topological polar surface area (TPSA) is 29.1 Å². The van der Waals surface area contributed by atoms with E-state index in [0.717, 1.165) is 23.5 Å². The van der Waals surface area contributed by atoms with Crippen LogP contribution in [0.5, 0.6) is 0 Å². The highest BCUT2D eigenvalue weighted by atomic mass is 79.9. The molecule has 0 heterocycles. The van der Waals surface area contributed by atoms with Crippen LogP contribution in [0.4, 0.5) is 0 Å². The molecule has 0 aliphatic heterocycles. The number of amides is 1. The SMILES string of the molecule is CC(CBr)(CBr)NC(=O)C1CCC1. The lowest BCUT2D eigenvalue weighted by atomic mass is 9.84. The summed E-state index contributed by atoms with van der Waals surface area (Å²) in [6.45, 7) is 2.03. The number of alkyl halides is 2. The molecule has 1 aliphatic rings. The van der Waals surface area contributed by atoms with Crippen LogP contribution in [0.1, 0.15) is 26.2 Å². The van der Waals surface area contributed by atoms with E-state index in [9.17, 15) is 4.79 Å². The zero-order valence-electron chi connectivity index (χ0n) is 7.78. The van der Waals surface area contributed by atoms with Gasteiger partial charge in [0, 0.05) is 16.6 Å². The zero-order valence-corrected chi connectivity index (χ0v) is 10.9. The minimum atomic E-state index is -0.146. The van der Waals surface area contributed by atoms with E-state index in [4.69, 9.17) is 0 Å². The largest absolute Gasteiger partial charge is 0.349 e. The molecule has 1 N–H and O–H groups in total. The number of carbonyl (C=O) groups excluding carboxylic acids is 1. The second kappa shape index (κ2) is 4.78. The van der Waals surface area contributed by atoms with Crippen molar-refractivity contribution >= 4 is 37.8 Å². The third kappa shape index (κ3) is 2.94. The van der Waals surface area contributed by atoms with Crippen molar-refractivity contribution in [1.82, 2.24) is 5.32 Å². The summed E-state index contributed by atoms with van der Waals surface area (Å²) >= 11 is 6.81. The molecule has 1 saturated carbocycles. The van der Waals surface area contributed by atoms with Crippen LogP contribution in [0, 0.1) is 5.92 Å². The number of carbonyl (C=O) groups is 1. The van der Waals surface area contributed by atoms with Crippen molar-refractivity contribution in [2.24, 2.45) is 5.92 Å². The second-order valence-corrected chi connectivity index (χ2v) is 5.07. The Bertz CT molecular complexity index is 188. The van der Waals surface area contributed by atoms with Crippen molar-refractivity contribution in [3.63, 3.8) is 0 Å². The molecule has 76 valence electrons. The summed E-state index contributed by atoms with van der Waals surface area (Å²) in [5.74, 6) is 0.491. The fraction of sp³-hybridized carbons (Fsp3) is 0.889. The first-order valence-electron chi connectivity index (χ1n) is 4.55. The summed E-state index contributed by atoms with van der Waals surface area (Å²) in [7, 11) is 0. The first-order chi connectivity index (χ1) is 6.11. The Morgan fingerprint density at radius 3 is 2.31 bits per heavy atom. The van der Waals surface area contributed by atoms with E-state index in [0.29, 0.717) is 0 Å². The maximum absolute atomic E-state index is 11.6. The highest BCUT2D eigenvalue weighted by Gasteiger charge is 2.30. The average molecular weight is 313 g/mol. The van der Waals surface area contributed by atoms with Gasteiger partial charge in [0.1, 0.15) is 0 Å². The van der Waals surface area contributed by atoms with Gasteiger partial charge in [-0.05, 0) is 19.8 Å². The lowest BCUT2D eigenvalue weighted by molar-refractivity contribution is -0.128. The van der Waals surface area contributed by atoms with Crippen LogP contribution >= 0.6 is 31.9 Å². The van der Waals surface area contributed by atoms with Crippen LogP contribution in [-0.4, -0.2) is 22.1 Å². The molecule has 1 aliphatic carbocycles. The number of hydrogen-bond acceptors (Lipinski definition) is 1. The van der Waals surface area contributed by atoms with Gasteiger partial charge in [0.15, 0.2) is 0 Å². The molecule has 2 nitrogen and oxygen atoms in total. The minimum absolute atomic E-state index is 0.146. The molecular weight excluding hydrogens is 298 g/mol. The normalized spacial score (nSPS) is 18.1. The average Bonchev–Trinajstić information content (AvgIpc) is 2.01. The smallest absolute Gasteiger partial charge is 0.223 e. The fourth-order valence-corrected chi connectivity index (χ4v) is 2.38. The number of rotatable bonds is 4. The first-order valence-corrected chi connectivity index (χ1v) is 6.79. The van der Waals surface area contributed by atoms with Gasteiger partial charge in [-0.2, -0.15) is 0 Å². The monoisotopic (exact) mass is 311 g/mol. The molecule has 1 amide bonds. The summed E-state index contributed by atoms with van der Waals surface area (Å²) in [5, 5.41) is 4.62. The molecule has 0 aromatic rings. The lowest BCUT2D eigenvalue weighted by Crippen LogP contribution is -2.51. The van der Waals surface area contributed by atoms with E-state index >= 15 is 0 Å². The van der Waals surface area contributed by atoms with Crippen molar-refractivity contribution < 1.29 is 4.79 Å². The molecule has 0 bridgehead atoms. The van der Waals surface area contributed by atoms with Crippen LogP contribution < -0.4 is 5.32 Å². The van der Waals surface area contributed by atoms with Gasteiger partial charge in [0.25, 0.3) is 0 Å². The molecule has 0 radical (unpaired) electrons. The maximum Gasteiger partial charge on any atom is 0.223 e. The lowest BCUT2D eigenvalue weighted by Gasteiger charge is -2.32. The predicted molar refractivity (Wildman–Crippen MR) is 61.5 cm³/mol. The van der Waals surface area contributed by atoms with Crippen molar-refractivity contribution in [3.05, 3.63) is 0 Å². The van der Waals surface area contributed by atoms with Crippen LogP contribution in [-0.2, 0) is 4.79 Å². The van der Waals surface area contributed by atoms with Crippen LogP contribution in [0.2, 0.25) is 0 Å². The summed E-state index contributed by atoms with van der Waals surface area (Å²) in [4.78, 5) is 11.6. The molecule has 0 saturated heterocycles. The van der Waals surface area contributed by atoms with Crippen LogP contribution in [0.3, 0.4) is 0 Å². The van der Waals surface area contributed by atoms with Crippen LogP contribution in [0.25, 0.3) is 0 Å². The van der Waals surface area contributed by atoms with E-state index in [1.807, 2.05) is 6.92 Å². The highest BCUT2D eigenvalue weighted by Crippen LogP contribution is 2.27. The molecule has 0 unspecified atom stereocenters. The van der Waals surface area contributed by atoms with Crippen LogP contribution in [0.15, 0.2) is 0 Å². The molecule has 1 fully saturated rings. The highest BCUT2D eigenvalue weighted by molar-refractivity contribution is 9.09. The maximum atomic E-state index is 11.6. The van der Waals surface area contributed by atoms with E-state index in [-0.39, 0.29) is 17.4 Å². The Morgan fingerprint density at radius 1 is 1.46 bits per heavy atom. The number of halogens is 2. The van der Waals surface area contributed by atoms with Gasteiger partial charge >= 0.3 is 0 Å². The molecule has 4 heteroatoms. The third-order valence-corrected chi connectivity index (χ3v) is 4.97. The Morgan fingerprint density at radius 2 is 2.00 bits per heavy atom. The molecule has 1 rings (SSSR count). The summed E-state index contributed by atoms with van der Waals surface area (Å²) in [5.41, 5.74) is -0.146. The minimum Gasteiger partial charge on any atom is -0.349 e. The molecule has 0 spiro atoms. The van der Waals surface area contributed by atoms with Crippen molar-refractivity contribution in [2.75, 3.05) is 10.7 Å². The van der Waals surface area contributed by atoms with Crippen molar-refractivity contribution in [2.45, 2.75) is 31.7 Å². The molecule has 13 heavy (non-hydrogen) atoms. The van der Waals surface area contributed by atoms with E-state index in [2.05, 4.69) is 37.2 Å². The standard InChI is InChI=1S/C9H15Br2NO/c1-9(5-10,6-11)12-8(13)7-3-2-4-7/h7H,2-6H2,1H3,(H,12,13). The van der Waals surface area contributed by atoms with Crippen molar-refractivity contribution in [1.29, 1.82) is 0 Å². The molecule has 0 aromatic heterocycles. The van der Waals surface area contributed by atoms with Gasteiger partial charge in [-0.25, -0.2) is 0 Å². The Balaban J connectivity index is 2.40. The summed E-state index contributed by atoms with van der Waals surface area (Å²) in [6.07, 6.45) is 3.33. The van der Waals surface area contributed by atoms with E-state index in [1.165, 1.54) is 6.42 Å². The van der Waals surface area contributed by atoms with Gasteiger partial charge in [-0.1, -0.05) is 38.3 Å².